The SMILES string of the molecule is Cc1ccc(-c2ncc(Cl)cc2-c2cccc(S(C)(=O)=O)c2)cn1.Cl. The van der Waals surface area contributed by atoms with Gasteiger partial charge in [0.05, 0.1) is 15.6 Å². The van der Waals surface area contributed by atoms with Gasteiger partial charge in [0.15, 0.2) is 9.84 Å². The normalized spacial score (nSPS) is 11.0. The Morgan fingerprint density at radius 2 is 1.72 bits per heavy atom. The Kier molecular flexibility index (Phi) is 5.83. The Balaban J connectivity index is 0.00000225. The molecule has 0 unspecified atom stereocenters. The van der Waals surface area contributed by atoms with Crippen molar-refractivity contribution in [3.63, 3.8) is 0 Å². The van der Waals surface area contributed by atoms with Crippen LogP contribution in [-0.2, 0) is 9.84 Å². The fourth-order valence-electron chi connectivity index (χ4n) is 2.39. The highest BCUT2D eigenvalue weighted by atomic mass is 35.5. The van der Waals surface area contributed by atoms with Gasteiger partial charge in [-0.3, -0.25) is 9.97 Å². The van der Waals surface area contributed by atoms with Crippen molar-refractivity contribution in [3.05, 3.63) is 65.6 Å². The van der Waals surface area contributed by atoms with E-state index >= 15 is 0 Å². The average Bonchev–Trinajstić information content (AvgIpc) is 2.55. The first kappa shape index (κ1) is 19.4. The third kappa shape index (κ3) is 4.37. The predicted octanol–water partition coefficient (Wildman–Crippen LogP) is 4.60. The van der Waals surface area contributed by atoms with Crippen molar-refractivity contribution in [2.75, 3.05) is 6.26 Å². The van der Waals surface area contributed by atoms with Crippen LogP contribution in [0.3, 0.4) is 0 Å². The lowest BCUT2D eigenvalue weighted by molar-refractivity contribution is 0.602. The van der Waals surface area contributed by atoms with E-state index in [1.165, 1.54) is 6.26 Å². The minimum atomic E-state index is -3.29. The van der Waals surface area contributed by atoms with E-state index in [9.17, 15) is 8.42 Å². The van der Waals surface area contributed by atoms with Crippen LogP contribution in [0.5, 0.6) is 0 Å². The van der Waals surface area contributed by atoms with Gasteiger partial charge in [-0.2, -0.15) is 0 Å². The molecule has 0 radical (unpaired) electrons. The van der Waals surface area contributed by atoms with E-state index in [0.29, 0.717) is 10.7 Å². The minimum absolute atomic E-state index is 0. The molecular weight excluding hydrogens is 379 g/mol. The molecule has 0 aliphatic heterocycles. The summed E-state index contributed by atoms with van der Waals surface area (Å²) in [5.41, 5.74) is 3.96. The molecule has 2 aromatic heterocycles. The average molecular weight is 395 g/mol. The summed E-state index contributed by atoms with van der Waals surface area (Å²) < 4.78 is 23.6. The number of hydrogen-bond acceptors (Lipinski definition) is 4. The largest absolute Gasteiger partial charge is 0.261 e. The van der Waals surface area contributed by atoms with Gasteiger partial charge in [0, 0.05) is 35.5 Å². The maximum absolute atomic E-state index is 11.8. The summed E-state index contributed by atoms with van der Waals surface area (Å²) in [6.07, 6.45) is 4.50. The molecule has 0 spiro atoms. The summed E-state index contributed by atoms with van der Waals surface area (Å²) in [4.78, 5) is 8.98. The molecule has 0 fully saturated rings. The van der Waals surface area contributed by atoms with Crippen LogP contribution in [0, 0.1) is 6.92 Å². The molecule has 0 aliphatic carbocycles. The molecule has 0 atom stereocenters. The van der Waals surface area contributed by atoms with E-state index in [1.807, 2.05) is 25.1 Å². The van der Waals surface area contributed by atoms with Crippen LogP contribution in [0.4, 0.5) is 0 Å². The van der Waals surface area contributed by atoms with E-state index in [0.717, 1.165) is 22.4 Å². The number of hydrogen-bond donors (Lipinski definition) is 0. The van der Waals surface area contributed by atoms with Gasteiger partial charge < -0.3 is 0 Å². The summed E-state index contributed by atoms with van der Waals surface area (Å²) in [7, 11) is -3.29. The summed E-state index contributed by atoms with van der Waals surface area (Å²) in [5.74, 6) is 0. The molecule has 25 heavy (non-hydrogen) atoms. The van der Waals surface area contributed by atoms with E-state index in [1.54, 1.807) is 36.7 Å². The van der Waals surface area contributed by atoms with Crippen molar-refractivity contribution in [2.24, 2.45) is 0 Å². The highest BCUT2D eigenvalue weighted by Gasteiger charge is 2.13. The van der Waals surface area contributed by atoms with Crippen molar-refractivity contribution in [1.29, 1.82) is 0 Å². The second kappa shape index (κ2) is 7.52. The summed E-state index contributed by atoms with van der Waals surface area (Å²) in [6, 6.07) is 12.4. The lowest BCUT2D eigenvalue weighted by Gasteiger charge is -2.11. The minimum Gasteiger partial charge on any atom is -0.261 e. The number of rotatable bonds is 3. The molecule has 3 rings (SSSR count). The zero-order chi connectivity index (χ0) is 17.3. The molecule has 0 saturated carbocycles. The molecule has 0 saturated heterocycles. The van der Waals surface area contributed by atoms with Gasteiger partial charge in [0.25, 0.3) is 0 Å². The summed E-state index contributed by atoms with van der Waals surface area (Å²) in [6.45, 7) is 1.91. The van der Waals surface area contributed by atoms with Gasteiger partial charge in [-0.1, -0.05) is 23.7 Å². The molecule has 0 bridgehead atoms. The number of nitrogens with zero attached hydrogens (tertiary/aromatic N) is 2. The van der Waals surface area contributed by atoms with Gasteiger partial charge >= 0.3 is 0 Å². The predicted molar refractivity (Wildman–Crippen MR) is 103 cm³/mol. The van der Waals surface area contributed by atoms with E-state index in [4.69, 9.17) is 11.6 Å². The number of aryl methyl sites for hydroxylation is 1. The number of aromatic nitrogens is 2. The second-order valence-electron chi connectivity index (χ2n) is 5.54. The Labute approximate surface area is 158 Å². The van der Waals surface area contributed by atoms with Gasteiger partial charge in [0.1, 0.15) is 0 Å². The molecule has 0 N–H and O–H groups in total. The number of sulfone groups is 1. The zero-order valence-electron chi connectivity index (χ0n) is 13.6. The van der Waals surface area contributed by atoms with Crippen LogP contribution in [0.2, 0.25) is 5.02 Å². The van der Waals surface area contributed by atoms with E-state index in [2.05, 4.69) is 9.97 Å². The quantitative estimate of drug-likeness (QED) is 0.651. The molecular formula is C18H16Cl2N2O2S. The third-order valence-corrected chi connectivity index (χ3v) is 4.93. The monoisotopic (exact) mass is 394 g/mol. The van der Waals surface area contributed by atoms with Gasteiger partial charge in [-0.25, -0.2) is 8.42 Å². The highest BCUT2D eigenvalue weighted by Crippen LogP contribution is 2.33. The van der Waals surface area contributed by atoms with Crippen LogP contribution in [0.1, 0.15) is 5.69 Å². The lowest BCUT2D eigenvalue weighted by atomic mass is 10.0. The van der Waals surface area contributed by atoms with Crippen molar-refractivity contribution in [3.8, 4) is 22.4 Å². The second-order valence-corrected chi connectivity index (χ2v) is 7.99. The van der Waals surface area contributed by atoms with Crippen molar-refractivity contribution in [2.45, 2.75) is 11.8 Å². The maximum atomic E-state index is 11.8. The highest BCUT2D eigenvalue weighted by molar-refractivity contribution is 7.90. The molecule has 2 heterocycles. The van der Waals surface area contributed by atoms with Crippen molar-refractivity contribution in [1.82, 2.24) is 9.97 Å². The first-order chi connectivity index (χ1) is 11.3. The number of halogens is 2. The smallest absolute Gasteiger partial charge is 0.175 e. The Morgan fingerprint density at radius 1 is 0.960 bits per heavy atom. The van der Waals surface area contributed by atoms with Crippen molar-refractivity contribution >= 4 is 33.8 Å². The van der Waals surface area contributed by atoms with Crippen LogP contribution in [0.25, 0.3) is 22.4 Å². The van der Waals surface area contributed by atoms with Crippen LogP contribution in [0.15, 0.2) is 59.8 Å². The molecule has 7 heteroatoms. The molecule has 3 aromatic rings. The number of pyridine rings is 2. The summed E-state index contributed by atoms with van der Waals surface area (Å²) in [5, 5.41) is 0.485. The van der Waals surface area contributed by atoms with Crippen LogP contribution in [-0.4, -0.2) is 24.6 Å². The fraction of sp³-hybridized carbons (Fsp3) is 0.111. The van der Waals surface area contributed by atoms with Gasteiger partial charge in [-0.15, -0.1) is 12.4 Å². The van der Waals surface area contributed by atoms with Gasteiger partial charge in [-0.05, 0) is 42.8 Å². The molecule has 0 amide bonds. The van der Waals surface area contributed by atoms with E-state index < -0.39 is 9.84 Å². The van der Waals surface area contributed by atoms with E-state index in [-0.39, 0.29) is 17.3 Å². The molecule has 130 valence electrons. The first-order valence-electron chi connectivity index (χ1n) is 7.24. The first-order valence-corrected chi connectivity index (χ1v) is 9.50. The van der Waals surface area contributed by atoms with Crippen LogP contribution < -0.4 is 0 Å². The molecule has 1 aromatic carbocycles. The van der Waals surface area contributed by atoms with Crippen molar-refractivity contribution < 1.29 is 8.42 Å². The standard InChI is InChI=1S/C18H15ClN2O2S.ClH/c1-12-6-7-14(10-20-12)18-17(9-15(19)11-21-18)13-4-3-5-16(8-13)24(2,22)23;/h3-11H,1-2H3;1H. The summed E-state index contributed by atoms with van der Waals surface area (Å²) >= 11 is 6.11. The topological polar surface area (TPSA) is 59.9 Å². The Hall–Kier alpha value is -1.95. The van der Waals surface area contributed by atoms with Crippen LogP contribution >= 0.6 is 24.0 Å². The Morgan fingerprint density at radius 3 is 2.36 bits per heavy atom. The molecule has 0 aliphatic rings. The maximum Gasteiger partial charge on any atom is 0.175 e. The Bertz CT molecular complexity index is 1000. The fourth-order valence-corrected chi connectivity index (χ4v) is 3.22. The zero-order valence-corrected chi connectivity index (χ0v) is 16.0. The number of benzene rings is 1. The van der Waals surface area contributed by atoms with Gasteiger partial charge in [0.2, 0.25) is 0 Å². The lowest BCUT2D eigenvalue weighted by Crippen LogP contribution is -1.97. The third-order valence-electron chi connectivity index (χ3n) is 3.61. The molecule has 4 nitrogen and oxygen atoms in total.